The lowest BCUT2D eigenvalue weighted by molar-refractivity contribution is 0.0375. The largest absolute Gasteiger partial charge is 0.426 e. The van der Waals surface area contributed by atoms with Crippen LogP contribution in [0, 0.1) is 12.3 Å². The number of nitrogens with zero attached hydrogens (tertiary/aromatic N) is 1. The molecule has 0 saturated carbocycles. The average Bonchev–Trinajstić information content (AvgIpc) is 3.05. The molecule has 2 heterocycles. The number of thiazole rings is 1. The second-order valence-electron chi connectivity index (χ2n) is 7.57. The van der Waals surface area contributed by atoms with Gasteiger partial charge in [0.1, 0.15) is 0 Å². The van der Waals surface area contributed by atoms with Crippen molar-refractivity contribution in [1.29, 1.82) is 0 Å². The van der Waals surface area contributed by atoms with Gasteiger partial charge in [-0.1, -0.05) is 31.5 Å². The van der Waals surface area contributed by atoms with Crippen LogP contribution in [-0.2, 0) is 4.65 Å². The minimum atomic E-state index is -0.191. The SMILES string of the molecule is Cc1ccc(C(=O)Nc2nccs2)cc1B1CC(C)(C)C(C)(C)O1. The first-order valence-corrected chi connectivity index (χ1v) is 9.07. The van der Waals surface area contributed by atoms with Crippen LogP contribution in [0.2, 0.25) is 6.32 Å². The van der Waals surface area contributed by atoms with E-state index in [1.807, 2.05) is 23.6 Å². The third kappa shape index (κ3) is 3.13. The number of hydrogen-bond donors (Lipinski definition) is 1. The van der Waals surface area contributed by atoms with E-state index >= 15 is 0 Å². The molecule has 0 spiro atoms. The molecule has 0 aliphatic carbocycles. The Bertz CT molecular complexity index is 740. The maximum Gasteiger partial charge on any atom is 0.328 e. The Labute approximate surface area is 147 Å². The first-order valence-electron chi connectivity index (χ1n) is 8.19. The Kier molecular flexibility index (Phi) is 4.30. The molecule has 1 aliphatic rings. The minimum absolute atomic E-state index is 0.0163. The fraction of sp³-hybridized carbons (Fsp3) is 0.444. The number of carbonyl (C=O) groups excluding carboxylic acids is 1. The maximum atomic E-state index is 12.5. The first kappa shape index (κ1) is 17.2. The second kappa shape index (κ2) is 6.01. The Balaban J connectivity index is 1.86. The van der Waals surface area contributed by atoms with Gasteiger partial charge in [-0.2, -0.15) is 0 Å². The molecule has 1 aliphatic heterocycles. The van der Waals surface area contributed by atoms with Gasteiger partial charge in [0.25, 0.3) is 5.91 Å². The van der Waals surface area contributed by atoms with Crippen molar-refractivity contribution in [1.82, 2.24) is 4.98 Å². The van der Waals surface area contributed by atoms with Gasteiger partial charge in [0.05, 0.1) is 5.60 Å². The monoisotopic (exact) mass is 342 g/mol. The van der Waals surface area contributed by atoms with Crippen LogP contribution in [0.4, 0.5) is 5.13 Å². The molecule has 0 unspecified atom stereocenters. The van der Waals surface area contributed by atoms with Crippen LogP contribution in [0.5, 0.6) is 0 Å². The van der Waals surface area contributed by atoms with Gasteiger partial charge >= 0.3 is 6.92 Å². The molecule has 1 aromatic heterocycles. The van der Waals surface area contributed by atoms with E-state index in [2.05, 4.69) is 44.9 Å². The zero-order valence-corrected chi connectivity index (χ0v) is 15.7. The van der Waals surface area contributed by atoms with E-state index < -0.39 is 0 Å². The number of rotatable bonds is 3. The molecule has 6 heteroatoms. The molecular weight excluding hydrogens is 319 g/mol. The van der Waals surface area contributed by atoms with Crippen molar-refractivity contribution >= 4 is 34.8 Å². The van der Waals surface area contributed by atoms with Crippen LogP contribution in [0.1, 0.15) is 43.6 Å². The quantitative estimate of drug-likeness (QED) is 0.865. The molecule has 24 heavy (non-hydrogen) atoms. The molecule has 1 amide bonds. The van der Waals surface area contributed by atoms with Crippen molar-refractivity contribution in [3.05, 3.63) is 40.9 Å². The minimum Gasteiger partial charge on any atom is -0.426 e. The van der Waals surface area contributed by atoms with Crippen molar-refractivity contribution in [2.75, 3.05) is 5.32 Å². The van der Waals surface area contributed by atoms with Crippen LogP contribution in [0.25, 0.3) is 0 Å². The summed E-state index contributed by atoms with van der Waals surface area (Å²) in [5.41, 5.74) is 2.78. The lowest BCUT2D eigenvalue weighted by Gasteiger charge is -2.34. The van der Waals surface area contributed by atoms with Crippen LogP contribution < -0.4 is 10.8 Å². The van der Waals surface area contributed by atoms with E-state index in [4.69, 9.17) is 4.65 Å². The van der Waals surface area contributed by atoms with Gasteiger partial charge < -0.3 is 4.65 Å². The van der Waals surface area contributed by atoms with E-state index in [1.165, 1.54) is 11.3 Å². The van der Waals surface area contributed by atoms with Crippen molar-refractivity contribution in [3.63, 3.8) is 0 Å². The number of carbonyl (C=O) groups is 1. The molecule has 3 rings (SSSR count). The van der Waals surface area contributed by atoms with Gasteiger partial charge in [0, 0.05) is 17.1 Å². The highest BCUT2D eigenvalue weighted by atomic mass is 32.1. The van der Waals surface area contributed by atoms with E-state index in [-0.39, 0.29) is 23.8 Å². The van der Waals surface area contributed by atoms with Gasteiger partial charge in [-0.15, -0.1) is 11.3 Å². The van der Waals surface area contributed by atoms with E-state index in [0.29, 0.717) is 10.7 Å². The summed E-state index contributed by atoms with van der Waals surface area (Å²) >= 11 is 1.41. The standard InChI is InChI=1S/C18H23BN2O2S/c1-12-6-7-13(15(22)21-16-20-8-9-24-16)10-14(12)19-11-17(2,3)18(4,5)23-19/h6-10H,11H2,1-5H3,(H,20,21,22). The summed E-state index contributed by atoms with van der Waals surface area (Å²) in [4.78, 5) is 16.6. The highest BCUT2D eigenvalue weighted by molar-refractivity contribution is 7.13. The Morgan fingerprint density at radius 1 is 1.33 bits per heavy atom. The molecule has 0 atom stereocenters. The number of aryl methyl sites for hydroxylation is 1. The van der Waals surface area contributed by atoms with E-state index in [0.717, 1.165) is 17.3 Å². The van der Waals surface area contributed by atoms with Gasteiger partial charge in [0.2, 0.25) is 0 Å². The molecule has 126 valence electrons. The molecular formula is C18H23BN2O2S. The van der Waals surface area contributed by atoms with E-state index in [9.17, 15) is 4.79 Å². The average molecular weight is 342 g/mol. The van der Waals surface area contributed by atoms with Gasteiger partial charge in [-0.05, 0) is 44.0 Å². The number of amides is 1. The molecule has 1 N–H and O–H groups in total. The Morgan fingerprint density at radius 3 is 2.67 bits per heavy atom. The lowest BCUT2D eigenvalue weighted by atomic mass is 9.53. The molecule has 1 saturated heterocycles. The van der Waals surface area contributed by atoms with Crippen LogP contribution >= 0.6 is 11.3 Å². The Hall–Kier alpha value is -1.66. The number of benzene rings is 1. The van der Waals surface area contributed by atoms with Crippen molar-refractivity contribution in [2.24, 2.45) is 5.41 Å². The third-order valence-electron chi connectivity index (χ3n) is 5.30. The van der Waals surface area contributed by atoms with Crippen LogP contribution in [0.3, 0.4) is 0 Å². The number of nitrogens with one attached hydrogen (secondary N) is 1. The summed E-state index contributed by atoms with van der Waals surface area (Å²) < 4.78 is 6.33. The molecule has 2 aromatic rings. The maximum absolute atomic E-state index is 12.5. The summed E-state index contributed by atoms with van der Waals surface area (Å²) in [6, 6.07) is 5.81. The number of anilines is 1. The van der Waals surface area contributed by atoms with Crippen LogP contribution in [0.15, 0.2) is 29.8 Å². The molecule has 1 fully saturated rings. The van der Waals surface area contributed by atoms with Gasteiger partial charge in [-0.3, -0.25) is 10.1 Å². The summed E-state index contributed by atoms with van der Waals surface area (Å²) in [5.74, 6) is -0.136. The smallest absolute Gasteiger partial charge is 0.328 e. The predicted octanol–water partition coefficient (Wildman–Crippen LogP) is 3.74. The highest BCUT2D eigenvalue weighted by Crippen LogP contribution is 2.45. The first-order chi connectivity index (χ1) is 11.2. The second-order valence-corrected chi connectivity index (χ2v) is 8.46. The fourth-order valence-electron chi connectivity index (χ4n) is 3.02. The highest BCUT2D eigenvalue weighted by Gasteiger charge is 2.50. The summed E-state index contributed by atoms with van der Waals surface area (Å²) in [7, 11) is 0. The summed E-state index contributed by atoms with van der Waals surface area (Å²) in [6.07, 6.45) is 2.62. The zero-order valence-electron chi connectivity index (χ0n) is 14.8. The topological polar surface area (TPSA) is 51.2 Å². The predicted molar refractivity (Wildman–Crippen MR) is 100 cm³/mol. The van der Waals surface area contributed by atoms with Crippen molar-refractivity contribution in [3.8, 4) is 0 Å². The molecule has 0 radical (unpaired) electrons. The number of hydrogen-bond acceptors (Lipinski definition) is 4. The van der Waals surface area contributed by atoms with Crippen molar-refractivity contribution < 1.29 is 9.45 Å². The van der Waals surface area contributed by atoms with Crippen molar-refractivity contribution in [2.45, 2.75) is 46.5 Å². The van der Waals surface area contributed by atoms with Gasteiger partial charge in [-0.25, -0.2) is 4.98 Å². The van der Waals surface area contributed by atoms with Gasteiger partial charge in [0.15, 0.2) is 5.13 Å². The summed E-state index contributed by atoms with van der Waals surface area (Å²) in [5, 5.41) is 5.29. The van der Waals surface area contributed by atoms with E-state index in [1.54, 1.807) is 6.20 Å². The molecule has 4 nitrogen and oxygen atoms in total. The third-order valence-corrected chi connectivity index (χ3v) is 5.99. The normalized spacial score (nSPS) is 18.6. The Morgan fingerprint density at radius 2 is 2.08 bits per heavy atom. The molecule has 0 bridgehead atoms. The fourth-order valence-corrected chi connectivity index (χ4v) is 3.55. The lowest BCUT2D eigenvalue weighted by Crippen LogP contribution is -2.37. The molecule has 1 aromatic carbocycles. The summed E-state index contributed by atoms with van der Waals surface area (Å²) in [6.45, 7) is 10.8. The number of aromatic nitrogens is 1. The zero-order chi connectivity index (χ0) is 17.5. The van der Waals surface area contributed by atoms with Crippen LogP contribution in [-0.4, -0.2) is 23.4 Å².